The maximum absolute atomic E-state index is 11.5. The molecule has 0 atom stereocenters. The normalized spacial score (nSPS) is 10.3. The van der Waals surface area contributed by atoms with E-state index in [2.05, 4.69) is 0 Å². The van der Waals surface area contributed by atoms with E-state index >= 15 is 0 Å². The van der Waals surface area contributed by atoms with Crippen LogP contribution in [0.5, 0.6) is 5.75 Å². The molecule has 0 aliphatic carbocycles. The lowest BCUT2D eigenvalue weighted by Gasteiger charge is -2.14. The van der Waals surface area contributed by atoms with Crippen molar-refractivity contribution in [1.29, 1.82) is 0 Å². The lowest BCUT2D eigenvalue weighted by Crippen LogP contribution is -2.00. The summed E-state index contributed by atoms with van der Waals surface area (Å²) >= 11 is 0. The van der Waals surface area contributed by atoms with Crippen molar-refractivity contribution in [3.8, 4) is 28.0 Å². The van der Waals surface area contributed by atoms with E-state index in [1.807, 2.05) is 60.7 Å². The van der Waals surface area contributed by atoms with Gasteiger partial charge in [0.05, 0.1) is 12.7 Å². The summed E-state index contributed by atoms with van der Waals surface area (Å²) in [4.78, 5) is 11.5. The van der Waals surface area contributed by atoms with Gasteiger partial charge in [-0.2, -0.15) is 0 Å². The molecule has 3 rings (SSSR count). The molecular weight excluding hydrogens is 288 g/mol. The number of carboxylic acid groups (broad SMARTS) is 1. The Balaban J connectivity index is 2.27. The van der Waals surface area contributed by atoms with Gasteiger partial charge < -0.3 is 9.84 Å². The van der Waals surface area contributed by atoms with Crippen LogP contribution >= 0.6 is 0 Å². The van der Waals surface area contributed by atoms with Crippen molar-refractivity contribution in [3.05, 3.63) is 78.4 Å². The van der Waals surface area contributed by atoms with Crippen LogP contribution in [0.25, 0.3) is 22.3 Å². The van der Waals surface area contributed by atoms with Crippen molar-refractivity contribution in [2.75, 3.05) is 7.11 Å². The molecule has 0 aliphatic rings. The van der Waals surface area contributed by atoms with E-state index in [4.69, 9.17) is 4.74 Å². The smallest absolute Gasteiger partial charge is 0.336 e. The number of hydrogen-bond donors (Lipinski definition) is 1. The maximum atomic E-state index is 11.5. The molecule has 0 aliphatic heterocycles. The molecule has 0 heterocycles. The highest BCUT2D eigenvalue weighted by molar-refractivity contribution is 5.99. The van der Waals surface area contributed by atoms with E-state index in [9.17, 15) is 9.90 Å². The van der Waals surface area contributed by atoms with E-state index in [1.54, 1.807) is 19.2 Å². The summed E-state index contributed by atoms with van der Waals surface area (Å²) < 4.78 is 5.33. The molecule has 0 aromatic heterocycles. The largest absolute Gasteiger partial charge is 0.497 e. The van der Waals surface area contributed by atoms with Crippen molar-refractivity contribution in [1.82, 2.24) is 0 Å². The Labute approximate surface area is 134 Å². The van der Waals surface area contributed by atoms with Gasteiger partial charge in [-0.3, -0.25) is 0 Å². The molecule has 3 heteroatoms. The Bertz CT molecular complexity index is 839. The van der Waals surface area contributed by atoms with E-state index in [-0.39, 0.29) is 5.56 Å². The molecule has 3 aromatic carbocycles. The molecule has 0 fully saturated rings. The van der Waals surface area contributed by atoms with Crippen LogP contribution in [0.15, 0.2) is 72.8 Å². The third kappa shape index (κ3) is 2.94. The van der Waals surface area contributed by atoms with Crippen LogP contribution in [0, 0.1) is 0 Å². The lowest BCUT2D eigenvalue weighted by molar-refractivity contribution is 0.0697. The Hall–Kier alpha value is -3.07. The van der Waals surface area contributed by atoms with Crippen LogP contribution in [0.1, 0.15) is 10.4 Å². The van der Waals surface area contributed by atoms with Crippen molar-refractivity contribution in [3.63, 3.8) is 0 Å². The summed E-state index contributed by atoms with van der Waals surface area (Å²) in [5.74, 6) is -0.198. The second kappa shape index (κ2) is 6.36. The highest BCUT2D eigenvalue weighted by atomic mass is 16.5. The zero-order valence-electron chi connectivity index (χ0n) is 12.7. The average molecular weight is 304 g/mol. The van der Waals surface area contributed by atoms with E-state index in [0.29, 0.717) is 5.56 Å². The number of benzene rings is 3. The molecule has 114 valence electrons. The standard InChI is InChI=1S/C20H16O3/c1-23-15-11-12-17(16-9-5-6-10-18(16)20(21)22)19(13-15)14-7-3-2-4-8-14/h2-13H,1H3,(H,21,22). The number of aromatic carboxylic acids is 1. The summed E-state index contributed by atoms with van der Waals surface area (Å²) in [5, 5.41) is 9.46. The van der Waals surface area contributed by atoms with Gasteiger partial charge in [-0.25, -0.2) is 4.79 Å². The summed E-state index contributed by atoms with van der Waals surface area (Å²) in [5.41, 5.74) is 3.81. The minimum atomic E-state index is -0.935. The SMILES string of the molecule is COc1ccc(-c2ccccc2C(=O)O)c(-c2ccccc2)c1. The molecular formula is C20H16O3. The molecule has 0 radical (unpaired) electrons. The van der Waals surface area contributed by atoms with Gasteiger partial charge in [0.1, 0.15) is 5.75 Å². The van der Waals surface area contributed by atoms with Gasteiger partial charge in [0.15, 0.2) is 0 Å². The van der Waals surface area contributed by atoms with Crippen LogP contribution < -0.4 is 4.74 Å². The van der Waals surface area contributed by atoms with E-state index in [1.165, 1.54) is 0 Å². The topological polar surface area (TPSA) is 46.5 Å². The predicted octanol–water partition coefficient (Wildman–Crippen LogP) is 4.73. The first-order valence-electron chi connectivity index (χ1n) is 7.27. The monoisotopic (exact) mass is 304 g/mol. The van der Waals surface area contributed by atoms with Crippen LogP contribution in [-0.2, 0) is 0 Å². The quantitative estimate of drug-likeness (QED) is 0.758. The average Bonchev–Trinajstić information content (AvgIpc) is 2.62. The molecule has 3 nitrogen and oxygen atoms in total. The molecule has 0 amide bonds. The molecule has 23 heavy (non-hydrogen) atoms. The first kappa shape index (κ1) is 14.9. The Morgan fingerprint density at radius 3 is 2.22 bits per heavy atom. The zero-order valence-corrected chi connectivity index (χ0v) is 12.7. The Kier molecular flexibility index (Phi) is 4.11. The Morgan fingerprint density at radius 2 is 1.52 bits per heavy atom. The molecule has 0 saturated heterocycles. The third-order valence-corrected chi connectivity index (χ3v) is 3.76. The van der Waals surface area contributed by atoms with Gasteiger partial charge in [-0.15, -0.1) is 0 Å². The maximum Gasteiger partial charge on any atom is 0.336 e. The first-order valence-corrected chi connectivity index (χ1v) is 7.27. The van der Waals surface area contributed by atoms with Crippen LogP contribution in [-0.4, -0.2) is 18.2 Å². The van der Waals surface area contributed by atoms with Gasteiger partial charge in [0.25, 0.3) is 0 Å². The van der Waals surface area contributed by atoms with E-state index in [0.717, 1.165) is 22.4 Å². The van der Waals surface area contributed by atoms with Crippen molar-refractivity contribution < 1.29 is 14.6 Å². The summed E-state index contributed by atoms with van der Waals surface area (Å²) in [6.45, 7) is 0. The molecule has 0 spiro atoms. The number of rotatable bonds is 4. The van der Waals surface area contributed by atoms with E-state index < -0.39 is 5.97 Å². The van der Waals surface area contributed by atoms with Gasteiger partial charge in [0, 0.05) is 0 Å². The molecule has 3 aromatic rings. The summed E-state index contributed by atoms with van der Waals surface area (Å²) in [6.07, 6.45) is 0. The minimum Gasteiger partial charge on any atom is -0.497 e. The summed E-state index contributed by atoms with van der Waals surface area (Å²) in [6, 6.07) is 22.6. The fourth-order valence-electron chi connectivity index (χ4n) is 2.65. The minimum absolute atomic E-state index is 0.287. The Morgan fingerprint density at radius 1 is 0.826 bits per heavy atom. The molecule has 0 saturated carbocycles. The fraction of sp³-hybridized carbons (Fsp3) is 0.0500. The third-order valence-electron chi connectivity index (χ3n) is 3.76. The highest BCUT2D eigenvalue weighted by Crippen LogP contribution is 2.36. The molecule has 0 bridgehead atoms. The predicted molar refractivity (Wildman–Crippen MR) is 90.8 cm³/mol. The number of methoxy groups -OCH3 is 1. The van der Waals surface area contributed by atoms with Crippen molar-refractivity contribution >= 4 is 5.97 Å². The van der Waals surface area contributed by atoms with Crippen molar-refractivity contribution in [2.45, 2.75) is 0 Å². The van der Waals surface area contributed by atoms with Crippen LogP contribution in [0.3, 0.4) is 0 Å². The molecule has 1 N–H and O–H groups in total. The number of ether oxygens (including phenoxy) is 1. The second-order valence-corrected chi connectivity index (χ2v) is 5.13. The number of carbonyl (C=O) groups is 1. The number of hydrogen-bond acceptors (Lipinski definition) is 2. The number of carboxylic acids is 1. The van der Waals surface area contributed by atoms with Crippen LogP contribution in [0.2, 0.25) is 0 Å². The van der Waals surface area contributed by atoms with Gasteiger partial charge in [0.2, 0.25) is 0 Å². The van der Waals surface area contributed by atoms with Gasteiger partial charge in [-0.1, -0.05) is 54.6 Å². The van der Waals surface area contributed by atoms with Gasteiger partial charge in [-0.05, 0) is 40.5 Å². The van der Waals surface area contributed by atoms with Gasteiger partial charge >= 0.3 is 5.97 Å². The van der Waals surface area contributed by atoms with Crippen LogP contribution in [0.4, 0.5) is 0 Å². The lowest BCUT2D eigenvalue weighted by atomic mass is 9.91. The first-order chi connectivity index (χ1) is 11.2. The molecule has 0 unspecified atom stereocenters. The van der Waals surface area contributed by atoms with Crippen molar-refractivity contribution in [2.24, 2.45) is 0 Å². The second-order valence-electron chi connectivity index (χ2n) is 5.13. The zero-order chi connectivity index (χ0) is 16.2. The fourth-order valence-corrected chi connectivity index (χ4v) is 2.65. The summed E-state index contributed by atoms with van der Waals surface area (Å²) in [7, 11) is 1.62. The highest BCUT2D eigenvalue weighted by Gasteiger charge is 2.15.